The third kappa shape index (κ3) is 3.05. The highest BCUT2D eigenvalue weighted by Crippen LogP contribution is 2.56. The summed E-state index contributed by atoms with van der Waals surface area (Å²) in [5.41, 5.74) is 1.62. The van der Waals surface area contributed by atoms with Gasteiger partial charge in [-0.15, -0.1) is 0 Å². The summed E-state index contributed by atoms with van der Waals surface area (Å²) in [6.07, 6.45) is 2.37. The summed E-state index contributed by atoms with van der Waals surface area (Å²) in [6, 6.07) is 8.04. The minimum atomic E-state index is -0.472. The van der Waals surface area contributed by atoms with E-state index in [0.717, 1.165) is 41.5 Å². The zero-order valence-corrected chi connectivity index (χ0v) is 19.4. The Labute approximate surface area is 189 Å². The summed E-state index contributed by atoms with van der Waals surface area (Å²) in [4.78, 5) is 2.46. The summed E-state index contributed by atoms with van der Waals surface area (Å²) < 4.78 is 35.3. The number of hydrogen-bond donors (Lipinski definition) is 0. The van der Waals surface area contributed by atoms with Gasteiger partial charge in [0.25, 0.3) is 0 Å². The molecule has 7 nitrogen and oxygen atoms in total. The van der Waals surface area contributed by atoms with E-state index in [4.69, 9.17) is 28.4 Å². The lowest BCUT2D eigenvalue weighted by molar-refractivity contribution is -0.114. The summed E-state index contributed by atoms with van der Waals surface area (Å²) in [7, 11) is 4.94. The van der Waals surface area contributed by atoms with Gasteiger partial charge in [-0.05, 0) is 31.9 Å². The van der Waals surface area contributed by atoms with Crippen LogP contribution in [0.1, 0.15) is 43.7 Å². The molecule has 1 saturated heterocycles. The number of rotatable bonds is 5. The average molecular weight is 442 g/mol. The molecule has 0 N–H and O–H groups in total. The predicted molar refractivity (Wildman–Crippen MR) is 120 cm³/mol. The molecule has 0 aromatic heterocycles. The van der Waals surface area contributed by atoms with E-state index < -0.39 is 5.72 Å². The van der Waals surface area contributed by atoms with Gasteiger partial charge in [0.2, 0.25) is 12.5 Å². The van der Waals surface area contributed by atoms with Crippen molar-refractivity contribution in [3.8, 4) is 34.5 Å². The van der Waals surface area contributed by atoms with Crippen molar-refractivity contribution in [3.05, 3.63) is 35.4 Å². The smallest absolute Gasteiger partial charge is 0.231 e. The Morgan fingerprint density at radius 3 is 2.22 bits per heavy atom. The second-order valence-electron chi connectivity index (χ2n) is 8.78. The molecule has 0 amide bonds. The van der Waals surface area contributed by atoms with Crippen LogP contribution in [0.15, 0.2) is 24.3 Å². The van der Waals surface area contributed by atoms with E-state index in [0.29, 0.717) is 17.2 Å². The van der Waals surface area contributed by atoms with Crippen molar-refractivity contribution in [2.75, 3.05) is 41.2 Å². The molecule has 5 rings (SSSR count). The molecule has 172 valence electrons. The van der Waals surface area contributed by atoms with Crippen molar-refractivity contribution in [2.24, 2.45) is 5.92 Å². The fourth-order valence-electron chi connectivity index (χ4n) is 5.48. The SMILES string of the molecule is COc1ccc([C@@H]2c3cc4c(cc3O[C@@](C)(N3CCCC3)[C@@H]2C)OCO4)c(OC)c1OC. The standard InChI is InChI=1S/C25H31NO6/c1-15-22(16-8-9-18(27-3)24(29-5)23(16)28-4)17-12-20-21(31-14-30-20)13-19(17)32-25(15,2)26-10-6-7-11-26/h8-9,12-13,15,22H,6-7,10-11,14H2,1-5H3/t15-,22-,25-/m1/s1. The minimum absolute atomic E-state index is 0.00592. The molecule has 2 aromatic carbocycles. The van der Waals surface area contributed by atoms with E-state index in [1.807, 2.05) is 12.1 Å². The maximum absolute atomic E-state index is 6.76. The van der Waals surface area contributed by atoms with Crippen LogP contribution >= 0.6 is 0 Å². The van der Waals surface area contributed by atoms with E-state index in [2.05, 4.69) is 30.9 Å². The second kappa shape index (κ2) is 7.96. The van der Waals surface area contributed by atoms with Gasteiger partial charge < -0.3 is 28.4 Å². The van der Waals surface area contributed by atoms with Crippen molar-refractivity contribution < 1.29 is 28.4 Å². The number of methoxy groups -OCH3 is 3. The van der Waals surface area contributed by atoms with E-state index >= 15 is 0 Å². The molecule has 0 radical (unpaired) electrons. The first-order chi connectivity index (χ1) is 15.5. The number of fused-ring (bicyclic) bond motifs is 2. The van der Waals surface area contributed by atoms with Gasteiger partial charge in [-0.1, -0.05) is 13.0 Å². The van der Waals surface area contributed by atoms with Crippen LogP contribution in [0, 0.1) is 5.92 Å². The largest absolute Gasteiger partial charge is 0.493 e. The topological polar surface area (TPSA) is 58.6 Å². The number of likely N-dealkylation sites (tertiary alicyclic amines) is 1. The Morgan fingerprint density at radius 2 is 1.56 bits per heavy atom. The molecule has 32 heavy (non-hydrogen) atoms. The molecule has 3 aliphatic heterocycles. The highest BCUT2D eigenvalue weighted by molar-refractivity contribution is 5.62. The van der Waals surface area contributed by atoms with E-state index in [-0.39, 0.29) is 18.6 Å². The molecule has 0 spiro atoms. The Bertz CT molecular complexity index is 1020. The molecular weight excluding hydrogens is 410 g/mol. The maximum Gasteiger partial charge on any atom is 0.231 e. The van der Waals surface area contributed by atoms with Crippen LogP contribution in [0.4, 0.5) is 0 Å². The third-order valence-electron chi connectivity index (χ3n) is 7.31. The predicted octanol–water partition coefficient (Wildman–Crippen LogP) is 4.41. The van der Waals surface area contributed by atoms with E-state index in [1.54, 1.807) is 21.3 Å². The van der Waals surface area contributed by atoms with Crippen molar-refractivity contribution in [1.29, 1.82) is 0 Å². The summed E-state index contributed by atoms with van der Waals surface area (Å²) in [5, 5.41) is 0. The lowest BCUT2D eigenvalue weighted by Gasteiger charge is -2.50. The van der Waals surface area contributed by atoms with Gasteiger partial charge in [0, 0.05) is 42.1 Å². The third-order valence-corrected chi connectivity index (χ3v) is 7.31. The fraction of sp³-hybridized carbons (Fsp3) is 0.520. The Hall–Kier alpha value is -2.80. The average Bonchev–Trinajstić information content (AvgIpc) is 3.50. The maximum atomic E-state index is 6.76. The summed E-state index contributed by atoms with van der Waals surface area (Å²) in [5.74, 6) is 4.32. The number of nitrogens with zero attached hydrogens (tertiary/aromatic N) is 1. The lowest BCUT2D eigenvalue weighted by atomic mass is 9.73. The quantitative estimate of drug-likeness (QED) is 0.681. The van der Waals surface area contributed by atoms with Crippen LogP contribution in [-0.2, 0) is 0 Å². The van der Waals surface area contributed by atoms with Gasteiger partial charge in [-0.25, -0.2) is 0 Å². The van der Waals surface area contributed by atoms with Gasteiger partial charge in [-0.3, -0.25) is 4.90 Å². The summed E-state index contributed by atoms with van der Waals surface area (Å²) >= 11 is 0. The van der Waals surface area contributed by atoms with Gasteiger partial charge in [-0.2, -0.15) is 0 Å². The van der Waals surface area contributed by atoms with Crippen LogP contribution in [0.25, 0.3) is 0 Å². The Kier molecular flexibility index (Phi) is 5.24. The molecule has 0 bridgehead atoms. The lowest BCUT2D eigenvalue weighted by Crippen LogP contribution is -2.57. The molecule has 3 aliphatic rings. The molecule has 7 heteroatoms. The first-order valence-corrected chi connectivity index (χ1v) is 11.2. The van der Waals surface area contributed by atoms with Gasteiger partial charge in [0.15, 0.2) is 28.7 Å². The van der Waals surface area contributed by atoms with Gasteiger partial charge in [0.05, 0.1) is 21.3 Å². The first-order valence-electron chi connectivity index (χ1n) is 11.2. The van der Waals surface area contributed by atoms with Crippen molar-refractivity contribution in [2.45, 2.75) is 38.3 Å². The van der Waals surface area contributed by atoms with Crippen molar-refractivity contribution in [3.63, 3.8) is 0 Å². The fourth-order valence-corrected chi connectivity index (χ4v) is 5.48. The zero-order chi connectivity index (χ0) is 22.5. The van der Waals surface area contributed by atoms with Gasteiger partial charge in [0.1, 0.15) is 5.75 Å². The number of benzene rings is 2. The summed E-state index contributed by atoms with van der Waals surface area (Å²) in [6.45, 7) is 6.73. The molecule has 2 aromatic rings. The first kappa shape index (κ1) is 21.1. The molecule has 1 fully saturated rings. The Balaban J connectivity index is 1.72. The number of ether oxygens (including phenoxy) is 6. The Morgan fingerprint density at radius 1 is 0.875 bits per heavy atom. The number of hydrogen-bond acceptors (Lipinski definition) is 7. The minimum Gasteiger partial charge on any atom is -0.493 e. The zero-order valence-electron chi connectivity index (χ0n) is 19.4. The molecule has 0 saturated carbocycles. The van der Waals surface area contributed by atoms with Crippen LogP contribution in [0.5, 0.6) is 34.5 Å². The van der Waals surface area contributed by atoms with Crippen molar-refractivity contribution in [1.82, 2.24) is 4.90 Å². The molecular formula is C25H31NO6. The highest BCUT2D eigenvalue weighted by Gasteiger charge is 2.50. The monoisotopic (exact) mass is 441 g/mol. The van der Waals surface area contributed by atoms with Crippen molar-refractivity contribution >= 4 is 0 Å². The van der Waals surface area contributed by atoms with Crippen LogP contribution in [-0.4, -0.2) is 51.8 Å². The van der Waals surface area contributed by atoms with Crippen LogP contribution in [0.3, 0.4) is 0 Å². The van der Waals surface area contributed by atoms with E-state index in [9.17, 15) is 0 Å². The normalized spacial score (nSPS) is 26.4. The van der Waals surface area contributed by atoms with Gasteiger partial charge >= 0.3 is 0 Å². The molecule has 3 atom stereocenters. The molecule has 0 unspecified atom stereocenters. The van der Waals surface area contributed by atoms with E-state index in [1.165, 1.54) is 12.8 Å². The highest BCUT2D eigenvalue weighted by atomic mass is 16.7. The van der Waals surface area contributed by atoms with Crippen LogP contribution < -0.4 is 28.4 Å². The molecule has 0 aliphatic carbocycles. The second-order valence-corrected chi connectivity index (χ2v) is 8.78. The molecule has 3 heterocycles. The van der Waals surface area contributed by atoms with Crippen LogP contribution in [0.2, 0.25) is 0 Å².